The molecule has 2 heterocycles. The van der Waals surface area contributed by atoms with E-state index in [9.17, 15) is 14.9 Å². The van der Waals surface area contributed by atoms with Crippen molar-refractivity contribution in [1.29, 1.82) is 0 Å². The molecule has 0 radical (unpaired) electrons. The Morgan fingerprint density at radius 3 is 2.93 bits per heavy atom. The van der Waals surface area contributed by atoms with E-state index in [1.165, 1.54) is 0 Å². The van der Waals surface area contributed by atoms with E-state index >= 15 is 0 Å². The summed E-state index contributed by atoms with van der Waals surface area (Å²) in [5, 5.41) is 24.8. The molecule has 0 saturated carbocycles. The summed E-state index contributed by atoms with van der Waals surface area (Å²) in [5.41, 5.74) is 1.80. The van der Waals surface area contributed by atoms with Gasteiger partial charge in [-0.1, -0.05) is 6.07 Å². The van der Waals surface area contributed by atoms with Crippen LogP contribution in [0.15, 0.2) is 30.5 Å². The van der Waals surface area contributed by atoms with Crippen LogP contribution in [0.1, 0.15) is 41.4 Å². The molecule has 9 nitrogen and oxygen atoms in total. The molecule has 0 spiro atoms. The minimum Gasteiger partial charge on any atom is -0.379 e. The van der Waals surface area contributed by atoms with Gasteiger partial charge in [0, 0.05) is 31.9 Å². The quantitative estimate of drug-likeness (QED) is 0.342. The fourth-order valence-corrected chi connectivity index (χ4v) is 3.27. The van der Waals surface area contributed by atoms with Crippen LogP contribution in [-0.4, -0.2) is 46.8 Å². The van der Waals surface area contributed by atoms with Crippen LogP contribution in [0.5, 0.6) is 0 Å². The van der Waals surface area contributed by atoms with E-state index in [1.54, 1.807) is 18.2 Å². The highest BCUT2D eigenvalue weighted by molar-refractivity contribution is 5.92. The molecule has 3 N–H and O–H groups in total. The molecule has 3 rings (SSSR count). The van der Waals surface area contributed by atoms with Gasteiger partial charge in [-0.2, -0.15) is 5.10 Å². The maximum atomic E-state index is 12.2. The molecule has 2 aromatic rings. The first-order valence-corrected chi connectivity index (χ1v) is 9.57. The molecule has 1 aromatic heterocycles. The fourth-order valence-electron chi connectivity index (χ4n) is 3.27. The Bertz CT molecular complexity index is 835. The Morgan fingerprint density at radius 2 is 2.21 bits per heavy atom. The van der Waals surface area contributed by atoms with Crippen molar-refractivity contribution in [2.45, 2.75) is 32.2 Å². The van der Waals surface area contributed by atoms with Crippen LogP contribution in [0.3, 0.4) is 0 Å². The molecule has 0 aliphatic carbocycles. The minimum atomic E-state index is -0.394. The molecule has 1 aromatic carbocycles. The van der Waals surface area contributed by atoms with Gasteiger partial charge in [-0.15, -0.1) is 12.4 Å². The lowest BCUT2D eigenvalue weighted by atomic mass is 10.1. The van der Waals surface area contributed by atoms with Crippen LogP contribution < -0.4 is 16.0 Å². The van der Waals surface area contributed by atoms with E-state index < -0.39 is 4.92 Å². The SMILES string of the molecule is Cc1ccc(NCCCNC(=O)c2ccn(C3CCCNC3)n2)c([N+](=O)[O-])c1.Cl. The number of rotatable bonds is 8. The summed E-state index contributed by atoms with van der Waals surface area (Å²) >= 11 is 0. The second-order valence-electron chi connectivity index (χ2n) is 7.00. The molecule has 10 heteroatoms. The van der Waals surface area contributed by atoms with Gasteiger partial charge in [-0.05, 0) is 50.4 Å². The Kier molecular flexibility index (Phi) is 8.41. The third kappa shape index (κ3) is 6.16. The molecule has 1 unspecified atom stereocenters. The number of carbonyl (C=O) groups is 1. The first kappa shape index (κ1) is 22.6. The summed E-state index contributed by atoms with van der Waals surface area (Å²) in [6, 6.07) is 7.11. The first-order valence-electron chi connectivity index (χ1n) is 9.57. The third-order valence-electron chi connectivity index (χ3n) is 4.79. The highest BCUT2D eigenvalue weighted by Crippen LogP contribution is 2.25. The van der Waals surface area contributed by atoms with E-state index in [2.05, 4.69) is 21.0 Å². The van der Waals surface area contributed by atoms with Gasteiger partial charge in [0.1, 0.15) is 11.4 Å². The van der Waals surface area contributed by atoms with Crippen LogP contribution in [0.2, 0.25) is 0 Å². The molecule has 0 bridgehead atoms. The largest absolute Gasteiger partial charge is 0.379 e. The molecular formula is C19H27ClN6O3. The highest BCUT2D eigenvalue weighted by atomic mass is 35.5. The van der Waals surface area contributed by atoms with Crippen molar-refractivity contribution in [3.8, 4) is 0 Å². The molecule has 1 aliphatic rings. The zero-order valence-corrected chi connectivity index (χ0v) is 17.2. The predicted molar refractivity (Wildman–Crippen MR) is 114 cm³/mol. The van der Waals surface area contributed by atoms with Crippen molar-refractivity contribution < 1.29 is 9.72 Å². The van der Waals surface area contributed by atoms with Gasteiger partial charge in [0.2, 0.25) is 0 Å². The number of amides is 1. The van der Waals surface area contributed by atoms with Crippen LogP contribution in [0.4, 0.5) is 11.4 Å². The number of carbonyl (C=O) groups excluding carboxylic acids is 1. The number of aryl methyl sites for hydroxylation is 1. The van der Waals surface area contributed by atoms with E-state index in [4.69, 9.17) is 0 Å². The topological polar surface area (TPSA) is 114 Å². The van der Waals surface area contributed by atoms with Crippen LogP contribution in [0, 0.1) is 17.0 Å². The average Bonchev–Trinajstić information content (AvgIpc) is 3.19. The van der Waals surface area contributed by atoms with Crippen molar-refractivity contribution in [2.75, 3.05) is 31.5 Å². The van der Waals surface area contributed by atoms with Crippen molar-refractivity contribution in [1.82, 2.24) is 20.4 Å². The number of nitro groups is 1. The zero-order chi connectivity index (χ0) is 19.9. The number of hydrogen-bond donors (Lipinski definition) is 3. The lowest BCUT2D eigenvalue weighted by Gasteiger charge is -2.22. The van der Waals surface area contributed by atoms with E-state index in [1.807, 2.05) is 23.9 Å². The Hall–Kier alpha value is -2.65. The highest BCUT2D eigenvalue weighted by Gasteiger charge is 2.17. The van der Waals surface area contributed by atoms with Gasteiger partial charge in [-0.25, -0.2) is 0 Å². The smallest absolute Gasteiger partial charge is 0.292 e. The van der Waals surface area contributed by atoms with Gasteiger partial charge in [-0.3, -0.25) is 19.6 Å². The van der Waals surface area contributed by atoms with Gasteiger partial charge in [0.15, 0.2) is 0 Å². The lowest BCUT2D eigenvalue weighted by Crippen LogP contribution is -2.32. The second-order valence-corrected chi connectivity index (χ2v) is 7.00. The number of piperidine rings is 1. The Morgan fingerprint density at radius 1 is 1.38 bits per heavy atom. The molecule has 29 heavy (non-hydrogen) atoms. The lowest BCUT2D eigenvalue weighted by molar-refractivity contribution is -0.384. The molecule has 1 fully saturated rings. The third-order valence-corrected chi connectivity index (χ3v) is 4.79. The van der Waals surface area contributed by atoms with Crippen molar-refractivity contribution in [3.63, 3.8) is 0 Å². The molecule has 158 valence electrons. The summed E-state index contributed by atoms with van der Waals surface area (Å²) in [6.07, 6.45) is 4.67. The average molecular weight is 423 g/mol. The normalized spacial score (nSPS) is 16.0. The second kappa shape index (κ2) is 10.8. The van der Waals surface area contributed by atoms with E-state index in [0.717, 1.165) is 31.5 Å². The maximum absolute atomic E-state index is 12.2. The van der Waals surface area contributed by atoms with Crippen molar-refractivity contribution in [2.24, 2.45) is 0 Å². The van der Waals surface area contributed by atoms with Crippen molar-refractivity contribution >= 4 is 29.7 Å². The van der Waals surface area contributed by atoms with Gasteiger partial charge >= 0.3 is 0 Å². The Balaban J connectivity index is 0.00000300. The predicted octanol–water partition coefficient (Wildman–Crippen LogP) is 2.68. The standard InChI is InChI=1S/C19H26N6O3.ClH/c1-14-5-6-16(18(12-14)25(27)28)21-9-3-10-22-19(26)17-7-11-24(23-17)15-4-2-8-20-13-15;/h5-7,11-12,15,20-21H,2-4,8-10,13H2,1H3,(H,22,26);1H. The monoisotopic (exact) mass is 422 g/mol. The van der Waals surface area contributed by atoms with E-state index in [0.29, 0.717) is 36.9 Å². The molecular weight excluding hydrogens is 396 g/mol. The van der Waals surface area contributed by atoms with Crippen LogP contribution in [-0.2, 0) is 0 Å². The summed E-state index contributed by atoms with van der Waals surface area (Å²) in [4.78, 5) is 23.0. The number of anilines is 1. The molecule has 1 aliphatic heterocycles. The summed E-state index contributed by atoms with van der Waals surface area (Å²) in [6.45, 7) is 4.71. The number of halogens is 1. The number of benzene rings is 1. The summed E-state index contributed by atoms with van der Waals surface area (Å²) in [7, 11) is 0. The van der Waals surface area contributed by atoms with Gasteiger partial charge < -0.3 is 16.0 Å². The summed E-state index contributed by atoms with van der Waals surface area (Å²) in [5.74, 6) is -0.205. The van der Waals surface area contributed by atoms with E-state index in [-0.39, 0.29) is 24.0 Å². The number of nitrogens with zero attached hydrogens (tertiary/aromatic N) is 3. The van der Waals surface area contributed by atoms with Crippen molar-refractivity contribution in [3.05, 3.63) is 51.8 Å². The Labute approximate surface area is 175 Å². The molecule has 1 atom stereocenters. The number of hydrogen-bond acceptors (Lipinski definition) is 6. The maximum Gasteiger partial charge on any atom is 0.292 e. The number of nitrogens with one attached hydrogen (secondary N) is 3. The van der Waals surface area contributed by atoms with Crippen LogP contribution >= 0.6 is 12.4 Å². The number of nitro benzene ring substituents is 1. The fraction of sp³-hybridized carbons (Fsp3) is 0.474. The number of aromatic nitrogens is 2. The molecule has 1 saturated heterocycles. The van der Waals surface area contributed by atoms with Crippen LogP contribution in [0.25, 0.3) is 0 Å². The van der Waals surface area contributed by atoms with Gasteiger partial charge in [0.05, 0.1) is 11.0 Å². The molecule has 1 amide bonds. The van der Waals surface area contributed by atoms with Gasteiger partial charge in [0.25, 0.3) is 11.6 Å². The zero-order valence-electron chi connectivity index (χ0n) is 16.4. The minimum absolute atomic E-state index is 0. The summed E-state index contributed by atoms with van der Waals surface area (Å²) < 4.78 is 1.86. The first-order chi connectivity index (χ1) is 13.5.